The van der Waals surface area contributed by atoms with Gasteiger partial charge in [-0.15, -0.1) is 11.8 Å². The fraction of sp³-hybridized carbons (Fsp3) is 0.500. The molecule has 84 valence electrons. The largest absolute Gasteiger partial charge is 0.327 e. The Bertz CT molecular complexity index is 284. The van der Waals surface area contributed by atoms with Gasteiger partial charge in [0.05, 0.1) is 0 Å². The Kier molecular flexibility index (Phi) is 5.51. The highest BCUT2D eigenvalue weighted by molar-refractivity contribution is 7.99. The van der Waals surface area contributed by atoms with Crippen LogP contribution in [0.1, 0.15) is 20.3 Å². The van der Waals surface area contributed by atoms with Crippen LogP contribution < -0.4 is 5.73 Å². The van der Waals surface area contributed by atoms with E-state index < -0.39 is 0 Å². The molecule has 0 bridgehead atoms. The molecule has 1 aromatic rings. The quantitative estimate of drug-likeness (QED) is 0.796. The first-order chi connectivity index (χ1) is 7.08. The molecular formula is C12H18ClNS. The van der Waals surface area contributed by atoms with Gasteiger partial charge >= 0.3 is 0 Å². The van der Waals surface area contributed by atoms with Crippen LogP contribution in [-0.2, 0) is 0 Å². The number of rotatable bonds is 5. The van der Waals surface area contributed by atoms with Gasteiger partial charge in [-0.1, -0.05) is 25.4 Å². The molecule has 0 amide bonds. The molecule has 0 spiro atoms. The third kappa shape index (κ3) is 5.45. The fourth-order valence-corrected chi connectivity index (χ4v) is 2.40. The summed E-state index contributed by atoms with van der Waals surface area (Å²) in [6.45, 7) is 4.40. The van der Waals surface area contributed by atoms with E-state index in [2.05, 4.69) is 13.8 Å². The molecule has 0 fully saturated rings. The summed E-state index contributed by atoms with van der Waals surface area (Å²) in [5, 5.41) is 0.783. The second-order valence-electron chi connectivity index (χ2n) is 4.15. The Morgan fingerprint density at radius 2 is 1.87 bits per heavy atom. The molecule has 0 saturated heterocycles. The first kappa shape index (κ1) is 12.9. The van der Waals surface area contributed by atoms with Gasteiger partial charge < -0.3 is 5.73 Å². The van der Waals surface area contributed by atoms with E-state index in [-0.39, 0.29) is 6.04 Å². The fourth-order valence-electron chi connectivity index (χ4n) is 1.41. The minimum atomic E-state index is 0.283. The molecule has 1 aromatic carbocycles. The van der Waals surface area contributed by atoms with E-state index in [1.54, 1.807) is 11.8 Å². The number of benzene rings is 1. The Balaban J connectivity index is 2.33. The maximum atomic E-state index is 6.01. The van der Waals surface area contributed by atoms with Crippen molar-refractivity contribution in [2.45, 2.75) is 31.2 Å². The van der Waals surface area contributed by atoms with Crippen LogP contribution >= 0.6 is 23.4 Å². The molecule has 1 unspecified atom stereocenters. The van der Waals surface area contributed by atoms with Gasteiger partial charge in [0.15, 0.2) is 0 Å². The van der Waals surface area contributed by atoms with Crippen LogP contribution in [0.25, 0.3) is 0 Å². The highest BCUT2D eigenvalue weighted by Crippen LogP contribution is 2.21. The lowest BCUT2D eigenvalue weighted by atomic mass is 10.1. The van der Waals surface area contributed by atoms with Crippen LogP contribution in [0.3, 0.4) is 0 Å². The van der Waals surface area contributed by atoms with Crippen LogP contribution in [-0.4, -0.2) is 11.8 Å². The summed E-state index contributed by atoms with van der Waals surface area (Å²) in [6.07, 6.45) is 1.08. The van der Waals surface area contributed by atoms with Gasteiger partial charge in [-0.2, -0.15) is 0 Å². The molecule has 1 atom stereocenters. The molecule has 3 heteroatoms. The molecule has 0 radical (unpaired) electrons. The number of hydrogen-bond acceptors (Lipinski definition) is 2. The Morgan fingerprint density at radius 1 is 1.27 bits per heavy atom. The highest BCUT2D eigenvalue weighted by Gasteiger charge is 2.05. The van der Waals surface area contributed by atoms with Crippen molar-refractivity contribution in [3.05, 3.63) is 29.3 Å². The van der Waals surface area contributed by atoms with Crippen LogP contribution in [0.5, 0.6) is 0 Å². The smallest absolute Gasteiger partial charge is 0.0406 e. The lowest BCUT2D eigenvalue weighted by molar-refractivity contribution is 0.524. The molecule has 0 aromatic heterocycles. The average molecular weight is 244 g/mol. The molecule has 0 heterocycles. The SMILES string of the molecule is CC(C)CC(N)CSc1ccc(Cl)cc1. The molecule has 1 rings (SSSR count). The summed E-state index contributed by atoms with van der Waals surface area (Å²) < 4.78 is 0. The number of thioether (sulfide) groups is 1. The first-order valence-electron chi connectivity index (χ1n) is 5.22. The van der Waals surface area contributed by atoms with Gasteiger partial charge in [0, 0.05) is 21.7 Å². The second-order valence-corrected chi connectivity index (χ2v) is 5.68. The Labute approximate surface area is 101 Å². The van der Waals surface area contributed by atoms with Crippen LogP contribution in [0, 0.1) is 5.92 Å². The normalized spacial score (nSPS) is 13.1. The zero-order valence-corrected chi connectivity index (χ0v) is 10.8. The zero-order valence-electron chi connectivity index (χ0n) is 9.24. The minimum Gasteiger partial charge on any atom is -0.327 e. The number of halogens is 1. The van der Waals surface area contributed by atoms with Crippen LogP contribution in [0.2, 0.25) is 5.02 Å². The van der Waals surface area contributed by atoms with E-state index in [1.807, 2.05) is 24.3 Å². The standard InChI is InChI=1S/C12H18ClNS/c1-9(2)7-11(14)8-15-12-5-3-10(13)4-6-12/h3-6,9,11H,7-8,14H2,1-2H3. The van der Waals surface area contributed by atoms with Gasteiger partial charge in [0.1, 0.15) is 0 Å². The highest BCUT2D eigenvalue weighted by atomic mass is 35.5. The number of hydrogen-bond donors (Lipinski definition) is 1. The summed E-state index contributed by atoms with van der Waals surface area (Å²) in [5.74, 6) is 1.64. The van der Waals surface area contributed by atoms with E-state index >= 15 is 0 Å². The van der Waals surface area contributed by atoms with E-state index in [0.29, 0.717) is 5.92 Å². The molecule has 1 nitrogen and oxygen atoms in total. The zero-order chi connectivity index (χ0) is 11.3. The molecule has 0 aliphatic rings. The van der Waals surface area contributed by atoms with Crippen LogP contribution in [0.15, 0.2) is 29.2 Å². The van der Waals surface area contributed by atoms with Gasteiger partial charge in [-0.25, -0.2) is 0 Å². The van der Waals surface area contributed by atoms with Gasteiger partial charge in [0.25, 0.3) is 0 Å². The predicted molar refractivity (Wildman–Crippen MR) is 69.6 cm³/mol. The lowest BCUT2D eigenvalue weighted by Gasteiger charge is -2.13. The van der Waals surface area contributed by atoms with Crippen molar-refractivity contribution in [3.63, 3.8) is 0 Å². The topological polar surface area (TPSA) is 26.0 Å². The van der Waals surface area contributed by atoms with Crippen molar-refractivity contribution in [1.82, 2.24) is 0 Å². The van der Waals surface area contributed by atoms with E-state index in [9.17, 15) is 0 Å². The summed E-state index contributed by atoms with van der Waals surface area (Å²) in [7, 11) is 0. The molecule has 0 saturated carbocycles. The third-order valence-electron chi connectivity index (χ3n) is 2.05. The van der Waals surface area contributed by atoms with Gasteiger partial charge in [-0.3, -0.25) is 0 Å². The van der Waals surface area contributed by atoms with Crippen molar-refractivity contribution >= 4 is 23.4 Å². The third-order valence-corrected chi connectivity index (χ3v) is 3.50. The second kappa shape index (κ2) is 6.41. The van der Waals surface area contributed by atoms with Gasteiger partial charge in [0.2, 0.25) is 0 Å². The molecule has 2 N–H and O–H groups in total. The Morgan fingerprint density at radius 3 is 2.40 bits per heavy atom. The lowest BCUT2D eigenvalue weighted by Crippen LogP contribution is -2.24. The number of nitrogens with two attached hydrogens (primary N) is 1. The molecule has 0 aliphatic carbocycles. The van der Waals surface area contributed by atoms with Crippen molar-refractivity contribution in [1.29, 1.82) is 0 Å². The monoisotopic (exact) mass is 243 g/mol. The van der Waals surface area contributed by atoms with Crippen molar-refractivity contribution in [2.75, 3.05) is 5.75 Å². The molecular weight excluding hydrogens is 226 g/mol. The predicted octanol–water partition coefficient (Wildman–Crippen LogP) is 3.81. The summed E-state index contributed by atoms with van der Waals surface area (Å²) in [6, 6.07) is 8.19. The average Bonchev–Trinajstić information content (AvgIpc) is 2.16. The minimum absolute atomic E-state index is 0.283. The van der Waals surface area contributed by atoms with Gasteiger partial charge in [-0.05, 0) is 36.6 Å². The van der Waals surface area contributed by atoms with E-state index in [1.165, 1.54) is 4.90 Å². The van der Waals surface area contributed by atoms with Crippen molar-refractivity contribution in [3.8, 4) is 0 Å². The maximum Gasteiger partial charge on any atom is 0.0406 e. The molecule has 15 heavy (non-hydrogen) atoms. The van der Waals surface area contributed by atoms with Crippen molar-refractivity contribution in [2.24, 2.45) is 11.7 Å². The summed E-state index contributed by atoms with van der Waals surface area (Å²) >= 11 is 7.60. The van der Waals surface area contributed by atoms with Crippen molar-refractivity contribution < 1.29 is 0 Å². The summed E-state index contributed by atoms with van der Waals surface area (Å²) in [5.41, 5.74) is 6.01. The maximum absolute atomic E-state index is 6.01. The molecule has 0 aliphatic heterocycles. The van der Waals surface area contributed by atoms with E-state index in [0.717, 1.165) is 17.2 Å². The van der Waals surface area contributed by atoms with E-state index in [4.69, 9.17) is 17.3 Å². The van der Waals surface area contributed by atoms with Crippen LogP contribution in [0.4, 0.5) is 0 Å². The summed E-state index contributed by atoms with van der Waals surface area (Å²) in [4.78, 5) is 1.23. The Hall–Kier alpha value is -0.180. The first-order valence-corrected chi connectivity index (χ1v) is 6.58.